The van der Waals surface area contributed by atoms with Gasteiger partial charge < -0.3 is 15.7 Å². The molecule has 4 heteroatoms. The van der Waals surface area contributed by atoms with Gasteiger partial charge in [-0.15, -0.1) is 0 Å². The maximum atomic E-state index is 12.4. The molecule has 4 nitrogen and oxygen atoms in total. The number of hydrogen-bond donors (Lipinski definition) is 3. The molecule has 0 unspecified atom stereocenters. The van der Waals surface area contributed by atoms with E-state index in [4.69, 9.17) is 0 Å². The SMILES string of the molecule is CNCCc1ccccc1C(=O)NCC1CCC(O)CC1. The van der Waals surface area contributed by atoms with Crippen molar-refractivity contribution in [1.82, 2.24) is 10.6 Å². The minimum Gasteiger partial charge on any atom is -0.393 e. The van der Waals surface area contributed by atoms with E-state index in [2.05, 4.69) is 10.6 Å². The summed E-state index contributed by atoms with van der Waals surface area (Å²) in [4.78, 5) is 12.4. The zero-order valence-electron chi connectivity index (χ0n) is 12.8. The molecule has 1 aliphatic carbocycles. The Kier molecular flexibility index (Phi) is 6.21. The Hall–Kier alpha value is -1.39. The zero-order chi connectivity index (χ0) is 15.1. The van der Waals surface area contributed by atoms with E-state index in [1.807, 2.05) is 31.3 Å². The first-order valence-corrected chi connectivity index (χ1v) is 7.89. The van der Waals surface area contributed by atoms with Crippen LogP contribution >= 0.6 is 0 Å². The van der Waals surface area contributed by atoms with E-state index < -0.39 is 0 Å². The summed E-state index contributed by atoms with van der Waals surface area (Å²) in [7, 11) is 1.92. The van der Waals surface area contributed by atoms with Gasteiger partial charge in [0.15, 0.2) is 0 Å². The predicted octanol–water partition coefficient (Wildman–Crippen LogP) is 1.73. The van der Waals surface area contributed by atoms with Crippen LogP contribution in [0.15, 0.2) is 24.3 Å². The molecule has 1 aromatic carbocycles. The first kappa shape index (κ1) is 16.0. The van der Waals surface area contributed by atoms with Crippen LogP contribution in [0.4, 0.5) is 0 Å². The van der Waals surface area contributed by atoms with Crippen molar-refractivity contribution in [2.75, 3.05) is 20.1 Å². The normalized spacial score (nSPS) is 22.0. The highest BCUT2D eigenvalue weighted by Crippen LogP contribution is 2.23. The van der Waals surface area contributed by atoms with Crippen LogP contribution in [0.2, 0.25) is 0 Å². The minimum absolute atomic E-state index is 0.0211. The van der Waals surface area contributed by atoms with Crippen LogP contribution in [0.3, 0.4) is 0 Å². The van der Waals surface area contributed by atoms with E-state index in [1.54, 1.807) is 0 Å². The predicted molar refractivity (Wildman–Crippen MR) is 84.4 cm³/mol. The molecular weight excluding hydrogens is 264 g/mol. The first-order valence-electron chi connectivity index (χ1n) is 7.89. The van der Waals surface area contributed by atoms with Gasteiger partial charge in [-0.2, -0.15) is 0 Å². The molecular formula is C17H26N2O2. The lowest BCUT2D eigenvalue weighted by Crippen LogP contribution is -2.32. The van der Waals surface area contributed by atoms with Crippen molar-refractivity contribution in [2.45, 2.75) is 38.2 Å². The molecule has 0 atom stereocenters. The average molecular weight is 290 g/mol. The number of carbonyl (C=O) groups is 1. The standard InChI is InChI=1S/C17H26N2O2/c1-18-11-10-14-4-2-3-5-16(14)17(21)19-12-13-6-8-15(20)9-7-13/h2-5,13,15,18,20H,6-12H2,1H3,(H,19,21). The van der Waals surface area contributed by atoms with Gasteiger partial charge in [0.05, 0.1) is 6.10 Å². The second-order valence-corrected chi connectivity index (χ2v) is 5.90. The molecule has 3 N–H and O–H groups in total. The number of likely N-dealkylation sites (N-methyl/N-ethyl adjacent to an activating group) is 1. The van der Waals surface area contributed by atoms with Gasteiger partial charge >= 0.3 is 0 Å². The van der Waals surface area contributed by atoms with Crippen LogP contribution < -0.4 is 10.6 Å². The monoisotopic (exact) mass is 290 g/mol. The summed E-state index contributed by atoms with van der Waals surface area (Å²) in [6.07, 6.45) is 4.44. The third kappa shape index (κ3) is 4.83. The second kappa shape index (κ2) is 8.15. The second-order valence-electron chi connectivity index (χ2n) is 5.90. The number of rotatable bonds is 6. The Morgan fingerprint density at radius 2 is 1.95 bits per heavy atom. The highest BCUT2D eigenvalue weighted by molar-refractivity contribution is 5.95. The lowest BCUT2D eigenvalue weighted by Gasteiger charge is -2.25. The van der Waals surface area contributed by atoms with E-state index in [9.17, 15) is 9.90 Å². The molecule has 21 heavy (non-hydrogen) atoms. The number of nitrogens with one attached hydrogen (secondary N) is 2. The van der Waals surface area contributed by atoms with Crippen LogP contribution in [-0.2, 0) is 6.42 Å². The smallest absolute Gasteiger partial charge is 0.251 e. The number of hydrogen-bond acceptors (Lipinski definition) is 3. The number of benzene rings is 1. The Balaban J connectivity index is 1.88. The minimum atomic E-state index is -0.140. The summed E-state index contributed by atoms with van der Waals surface area (Å²) in [5, 5.41) is 15.7. The van der Waals surface area contributed by atoms with Gasteiger partial charge in [-0.05, 0) is 63.2 Å². The molecule has 2 rings (SSSR count). The Bertz CT molecular complexity index is 454. The maximum absolute atomic E-state index is 12.4. The quantitative estimate of drug-likeness (QED) is 0.748. The lowest BCUT2D eigenvalue weighted by atomic mass is 9.87. The summed E-state index contributed by atoms with van der Waals surface area (Å²) < 4.78 is 0. The maximum Gasteiger partial charge on any atom is 0.251 e. The van der Waals surface area contributed by atoms with Crippen molar-refractivity contribution >= 4 is 5.91 Å². The van der Waals surface area contributed by atoms with E-state index in [0.717, 1.165) is 49.8 Å². The van der Waals surface area contributed by atoms with Gasteiger partial charge in [-0.3, -0.25) is 4.79 Å². The molecule has 1 amide bonds. The van der Waals surface area contributed by atoms with Gasteiger partial charge in [0.1, 0.15) is 0 Å². The highest BCUT2D eigenvalue weighted by atomic mass is 16.3. The third-order valence-corrected chi connectivity index (χ3v) is 4.27. The summed E-state index contributed by atoms with van der Waals surface area (Å²) in [6.45, 7) is 1.58. The van der Waals surface area contributed by atoms with Crippen molar-refractivity contribution < 1.29 is 9.90 Å². The van der Waals surface area contributed by atoms with E-state index in [0.29, 0.717) is 12.5 Å². The highest BCUT2D eigenvalue weighted by Gasteiger charge is 2.20. The fourth-order valence-corrected chi connectivity index (χ4v) is 2.90. The number of amides is 1. The van der Waals surface area contributed by atoms with Crippen molar-refractivity contribution in [3.63, 3.8) is 0 Å². The van der Waals surface area contributed by atoms with E-state index in [1.165, 1.54) is 0 Å². The van der Waals surface area contributed by atoms with Crippen LogP contribution in [-0.4, -0.2) is 37.3 Å². The third-order valence-electron chi connectivity index (χ3n) is 4.27. The van der Waals surface area contributed by atoms with Crippen LogP contribution in [0, 0.1) is 5.92 Å². The fourth-order valence-electron chi connectivity index (χ4n) is 2.90. The molecule has 1 saturated carbocycles. The molecule has 0 spiro atoms. The molecule has 0 aliphatic heterocycles. The molecule has 0 saturated heterocycles. The van der Waals surface area contributed by atoms with Gasteiger partial charge in [0.2, 0.25) is 0 Å². The summed E-state index contributed by atoms with van der Waals surface area (Å²) in [6, 6.07) is 7.80. The topological polar surface area (TPSA) is 61.4 Å². The molecule has 116 valence electrons. The van der Waals surface area contributed by atoms with Crippen molar-refractivity contribution in [3.05, 3.63) is 35.4 Å². The lowest BCUT2D eigenvalue weighted by molar-refractivity contribution is 0.0909. The molecule has 1 aromatic rings. The van der Waals surface area contributed by atoms with E-state index in [-0.39, 0.29) is 12.0 Å². The summed E-state index contributed by atoms with van der Waals surface area (Å²) in [5.41, 5.74) is 1.87. The average Bonchev–Trinajstić information content (AvgIpc) is 2.52. The Morgan fingerprint density at radius 1 is 1.24 bits per heavy atom. The van der Waals surface area contributed by atoms with Gasteiger partial charge in [-0.1, -0.05) is 18.2 Å². The first-order chi connectivity index (χ1) is 10.2. The molecule has 1 aliphatic rings. The number of carbonyl (C=O) groups excluding carboxylic acids is 1. The van der Waals surface area contributed by atoms with Crippen LogP contribution in [0.25, 0.3) is 0 Å². The molecule has 1 fully saturated rings. The molecule has 0 radical (unpaired) electrons. The molecule has 0 heterocycles. The van der Waals surface area contributed by atoms with Crippen molar-refractivity contribution in [2.24, 2.45) is 5.92 Å². The van der Waals surface area contributed by atoms with Crippen molar-refractivity contribution in [3.8, 4) is 0 Å². The van der Waals surface area contributed by atoms with Crippen LogP contribution in [0.1, 0.15) is 41.6 Å². The Morgan fingerprint density at radius 3 is 2.67 bits per heavy atom. The van der Waals surface area contributed by atoms with Gasteiger partial charge in [0.25, 0.3) is 5.91 Å². The number of aliphatic hydroxyl groups is 1. The fraction of sp³-hybridized carbons (Fsp3) is 0.588. The molecule has 0 bridgehead atoms. The number of aliphatic hydroxyl groups excluding tert-OH is 1. The summed E-state index contributed by atoms with van der Waals surface area (Å²) >= 11 is 0. The van der Waals surface area contributed by atoms with Gasteiger partial charge in [-0.25, -0.2) is 0 Å². The zero-order valence-corrected chi connectivity index (χ0v) is 12.8. The largest absolute Gasteiger partial charge is 0.393 e. The van der Waals surface area contributed by atoms with E-state index >= 15 is 0 Å². The van der Waals surface area contributed by atoms with Crippen LogP contribution in [0.5, 0.6) is 0 Å². The Labute approximate surface area is 126 Å². The summed E-state index contributed by atoms with van der Waals surface area (Å²) in [5.74, 6) is 0.523. The van der Waals surface area contributed by atoms with Crippen molar-refractivity contribution in [1.29, 1.82) is 0 Å². The molecule has 0 aromatic heterocycles. The van der Waals surface area contributed by atoms with Gasteiger partial charge in [0, 0.05) is 12.1 Å².